The van der Waals surface area contributed by atoms with Crippen molar-refractivity contribution in [3.05, 3.63) is 39.9 Å². The first-order valence-corrected chi connectivity index (χ1v) is 10.7. The summed E-state index contributed by atoms with van der Waals surface area (Å²) in [6.45, 7) is 2.30. The minimum absolute atomic E-state index is 0.0829. The molecule has 3 N–H and O–H groups in total. The number of para-hydroxylation sites is 1. The molecular formula is C22H28N4O7. The number of likely N-dealkylation sites (tertiary alicyclic amines) is 1. The molecule has 0 aliphatic carbocycles. The Labute approximate surface area is 190 Å². The van der Waals surface area contributed by atoms with E-state index in [0.29, 0.717) is 36.4 Å². The monoisotopic (exact) mass is 460 g/mol. The van der Waals surface area contributed by atoms with Gasteiger partial charge < -0.3 is 29.9 Å². The van der Waals surface area contributed by atoms with Crippen LogP contribution in [0, 0.1) is 0 Å². The Balaban J connectivity index is 2.15. The number of ether oxygens (including phenoxy) is 2. The fraction of sp³-hybridized carbons (Fsp3) is 0.455. The lowest BCUT2D eigenvalue weighted by Crippen LogP contribution is -2.39. The number of carboxylic acid groups (broad SMARTS) is 1. The second kappa shape index (κ2) is 10.2. The van der Waals surface area contributed by atoms with Gasteiger partial charge in [0.15, 0.2) is 5.56 Å². The predicted molar refractivity (Wildman–Crippen MR) is 119 cm³/mol. The topological polar surface area (TPSA) is 143 Å². The predicted octanol–water partition coefficient (Wildman–Crippen LogP) is 1.78. The van der Waals surface area contributed by atoms with E-state index in [1.54, 1.807) is 18.2 Å². The standard InChI is InChI=1S/C22H28N4O7/c1-4-5-9-16-24-19(27)17(20(28)25-11-10-13(12-25)23-22(30)31)21(29)26(16)18-14(32-2)7-6-8-15(18)33-3/h6-8,13,23,29H,4-5,9-12H2,1-3H3,(H,30,31)/t13-/m0/s1. The Morgan fingerprint density at radius 2 is 1.91 bits per heavy atom. The van der Waals surface area contributed by atoms with Gasteiger partial charge in [0.1, 0.15) is 23.0 Å². The first-order valence-electron chi connectivity index (χ1n) is 10.7. The highest BCUT2D eigenvalue weighted by Crippen LogP contribution is 2.36. The summed E-state index contributed by atoms with van der Waals surface area (Å²) in [6.07, 6.45) is 1.11. The maximum atomic E-state index is 13.2. The van der Waals surface area contributed by atoms with Gasteiger partial charge in [0, 0.05) is 19.5 Å². The molecule has 11 heteroatoms. The number of carbonyl (C=O) groups excluding carboxylic acids is 1. The number of benzene rings is 1. The van der Waals surface area contributed by atoms with Crippen molar-refractivity contribution in [2.24, 2.45) is 0 Å². The zero-order valence-electron chi connectivity index (χ0n) is 18.8. The summed E-state index contributed by atoms with van der Waals surface area (Å²) in [5.74, 6) is -0.297. The Morgan fingerprint density at radius 1 is 1.24 bits per heavy atom. The van der Waals surface area contributed by atoms with Crippen molar-refractivity contribution in [3.8, 4) is 23.1 Å². The third-order valence-corrected chi connectivity index (χ3v) is 5.53. The molecular weight excluding hydrogens is 432 g/mol. The molecule has 0 radical (unpaired) electrons. The van der Waals surface area contributed by atoms with E-state index in [2.05, 4.69) is 10.3 Å². The molecule has 1 aromatic carbocycles. The second-order valence-corrected chi connectivity index (χ2v) is 7.67. The molecule has 1 saturated heterocycles. The number of aryl methyl sites for hydroxylation is 1. The average molecular weight is 460 g/mol. The lowest BCUT2D eigenvalue weighted by molar-refractivity contribution is 0.0781. The molecule has 0 saturated carbocycles. The van der Waals surface area contributed by atoms with Gasteiger partial charge in [0.25, 0.3) is 11.5 Å². The van der Waals surface area contributed by atoms with Crippen molar-refractivity contribution >= 4 is 12.0 Å². The SMILES string of the molecule is CCCCc1nc(=O)c(C(=O)N2CC[C@H](NC(=O)O)C2)c(O)n1-c1c(OC)cccc1OC. The van der Waals surface area contributed by atoms with E-state index in [0.717, 1.165) is 6.42 Å². The van der Waals surface area contributed by atoms with Crippen LogP contribution in [-0.2, 0) is 6.42 Å². The van der Waals surface area contributed by atoms with E-state index in [1.807, 2.05) is 6.92 Å². The van der Waals surface area contributed by atoms with Crippen molar-refractivity contribution < 1.29 is 29.3 Å². The van der Waals surface area contributed by atoms with E-state index in [4.69, 9.17) is 14.6 Å². The van der Waals surface area contributed by atoms with Gasteiger partial charge in [0.2, 0.25) is 5.88 Å². The molecule has 1 atom stereocenters. The van der Waals surface area contributed by atoms with Crippen molar-refractivity contribution in [3.63, 3.8) is 0 Å². The molecule has 2 aromatic rings. The van der Waals surface area contributed by atoms with Crippen molar-refractivity contribution in [2.75, 3.05) is 27.3 Å². The van der Waals surface area contributed by atoms with Gasteiger partial charge in [-0.3, -0.25) is 14.2 Å². The number of aromatic hydroxyl groups is 1. The molecule has 2 heterocycles. The van der Waals surface area contributed by atoms with Crippen LogP contribution in [0.1, 0.15) is 42.4 Å². The number of rotatable bonds is 8. The summed E-state index contributed by atoms with van der Waals surface area (Å²) in [4.78, 5) is 42.5. The second-order valence-electron chi connectivity index (χ2n) is 7.67. The van der Waals surface area contributed by atoms with Crippen LogP contribution < -0.4 is 20.3 Å². The van der Waals surface area contributed by atoms with Gasteiger partial charge in [-0.2, -0.15) is 4.98 Å². The lowest BCUT2D eigenvalue weighted by Gasteiger charge is -2.22. The summed E-state index contributed by atoms with van der Waals surface area (Å²) in [6, 6.07) is 4.60. The number of amides is 2. The van der Waals surface area contributed by atoms with Gasteiger partial charge in [-0.25, -0.2) is 4.79 Å². The van der Waals surface area contributed by atoms with Gasteiger partial charge in [0.05, 0.1) is 20.3 Å². The first kappa shape index (κ1) is 23.9. The third kappa shape index (κ3) is 4.86. The Kier molecular flexibility index (Phi) is 7.41. The fourth-order valence-corrected chi connectivity index (χ4v) is 3.92. The third-order valence-electron chi connectivity index (χ3n) is 5.53. The molecule has 11 nitrogen and oxygen atoms in total. The van der Waals surface area contributed by atoms with E-state index >= 15 is 0 Å². The number of methoxy groups -OCH3 is 2. The highest BCUT2D eigenvalue weighted by molar-refractivity contribution is 5.96. The Morgan fingerprint density at radius 3 is 2.48 bits per heavy atom. The number of nitrogens with one attached hydrogen (secondary N) is 1. The number of hydrogen-bond acceptors (Lipinski definition) is 7. The van der Waals surface area contributed by atoms with Gasteiger partial charge in [-0.1, -0.05) is 19.4 Å². The number of hydrogen-bond donors (Lipinski definition) is 3. The zero-order chi connectivity index (χ0) is 24.1. The van der Waals surface area contributed by atoms with Gasteiger partial charge in [-0.05, 0) is 25.0 Å². The molecule has 1 aromatic heterocycles. The summed E-state index contributed by atoms with van der Waals surface area (Å²) in [5, 5.41) is 22.5. The smallest absolute Gasteiger partial charge is 0.404 e. The Hall–Kier alpha value is -3.76. The minimum Gasteiger partial charge on any atom is -0.494 e. The highest BCUT2D eigenvalue weighted by atomic mass is 16.5. The zero-order valence-corrected chi connectivity index (χ0v) is 18.8. The van der Waals surface area contributed by atoms with Crippen LogP contribution >= 0.6 is 0 Å². The van der Waals surface area contributed by atoms with E-state index in [-0.39, 0.29) is 18.9 Å². The molecule has 0 bridgehead atoms. The maximum Gasteiger partial charge on any atom is 0.404 e. The van der Waals surface area contributed by atoms with Crippen molar-refractivity contribution in [2.45, 2.75) is 38.6 Å². The van der Waals surface area contributed by atoms with Crippen LogP contribution in [0.5, 0.6) is 17.4 Å². The van der Waals surface area contributed by atoms with Crippen LogP contribution in [0.2, 0.25) is 0 Å². The van der Waals surface area contributed by atoms with Gasteiger partial charge in [-0.15, -0.1) is 0 Å². The molecule has 3 rings (SSSR count). The largest absolute Gasteiger partial charge is 0.494 e. The maximum absolute atomic E-state index is 13.2. The van der Waals surface area contributed by atoms with Crippen LogP contribution in [0.4, 0.5) is 4.79 Å². The normalized spacial score (nSPS) is 15.4. The molecule has 178 valence electrons. The first-order chi connectivity index (χ1) is 15.8. The van der Waals surface area contributed by atoms with Crippen LogP contribution in [0.3, 0.4) is 0 Å². The molecule has 2 amide bonds. The fourth-order valence-electron chi connectivity index (χ4n) is 3.92. The van der Waals surface area contributed by atoms with E-state index in [9.17, 15) is 19.5 Å². The minimum atomic E-state index is -1.19. The molecule has 0 spiro atoms. The Bertz CT molecular complexity index is 1080. The number of unbranched alkanes of at least 4 members (excludes halogenated alkanes) is 1. The van der Waals surface area contributed by atoms with E-state index in [1.165, 1.54) is 23.7 Å². The number of carbonyl (C=O) groups is 2. The molecule has 1 fully saturated rings. The quantitative estimate of drug-likeness (QED) is 0.541. The highest BCUT2D eigenvalue weighted by Gasteiger charge is 2.33. The molecule has 1 aliphatic rings. The number of aromatic nitrogens is 2. The van der Waals surface area contributed by atoms with Crippen LogP contribution in [0.25, 0.3) is 5.69 Å². The summed E-state index contributed by atoms with van der Waals surface area (Å²) in [5.41, 5.74) is -1.01. The molecule has 0 unspecified atom stereocenters. The molecule has 1 aliphatic heterocycles. The van der Waals surface area contributed by atoms with Crippen molar-refractivity contribution in [1.29, 1.82) is 0 Å². The van der Waals surface area contributed by atoms with Crippen LogP contribution in [-0.4, -0.2) is 70.0 Å². The number of nitrogens with zero attached hydrogens (tertiary/aromatic N) is 3. The van der Waals surface area contributed by atoms with Crippen LogP contribution in [0.15, 0.2) is 23.0 Å². The summed E-state index contributed by atoms with van der Waals surface area (Å²) < 4.78 is 12.2. The lowest BCUT2D eigenvalue weighted by atomic mass is 10.2. The van der Waals surface area contributed by atoms with Gasteiger partial charge >= 0.3 is 6.09 Å². The van der Waals surface area contributed by atoms with Crippen molar-refractivity contribution in [1.82, 2.24) is 19.8 Å². The molecule has 33 heavy (non-hydrogen) atoms. The average Bonchev–Trinajstić information content (AvgIpc) is 3.24. The van der Waals surface area contributed by atoms with E-state index < -0.39 is 35.0 Å². The summed E-state index contributed by atoms with van der Waals surface area (Å²) >= 11 is 0. The summed E-state index contributed by atoms with van der Waals surface area (Å²) in [7, 11) is 2.92.